The molecule has 0 aliphatic heterocycles. The van der Waals surface area contributed by atoms with Gasteiger partial charge in [0.25, 0.3) is 0 Å². The smallest absolute Gasteiger partial charge is 0.404 e. The second kappa shape index (κ2) is 4.11. The molecule has 0 aromatic carbocycles. The maximum atomic E-state index is 9.87. The van der Waals surface area contributed by atoms with Gasteiger partial charge in [0.1, 0.15) is 12.7 Å². The highest BCUT2D eigenvalue weighted by Crippen LogP contribution is 1.80. The Morgan fingerprint density at radius 2 is 2.33 bits per heavy atom. The SMILES string of the molecule is NCC(O)COC(N)=O. The van der Waals surface area contributed by atoms with E-state index in [1.54, 1.807) is 0 Å². The van der Waals surface area contributed by atoms with Gasteiger partial charge in [-0.15, -0.1) is 0 Å². The van der Waals surface area contributed by atoms with Crippen molar-refractivity contribution in [3.05, 3.63) is 0 Å². The summed E-state index contributed by atoms with van der Waals surface area (Å²) in [7, 11) is 0. The Kier molecular flexibility index (Phi) is 3.74. The molecule has 0 heterocycles. The van der Waals surface area contributed by atoms with Crippen LogP contribution in [0, 0.1) is 0 Å². The molecule has 54 valence electrons. The Morgan fingerprint density at radius 1 is 1.78 bits per heavy atom. The lowest BCUT2D eigenvalue weighted by atomic mass is 10.4. The van der Waals surface area contributed by atoms with Gasteiger partial charge in [-0.25, -0.2) is 4.79 Å². The molecule has 0 saturated carbocycles. The summed E-state index contributed by atoms with van der Waals surface area (Å²) in [4.78, 5) is 9.87. The first kappa shape index (κ1) is 8.19. The highest BCUT2D eigenvalue weighted by atomic mass is 16.6. The van der Waals surface area contributed by atoms with Gasteiger partial charge in [-0.1, -0.05) is 0 Å². The van der Waals surface area contributed by atoms with E-state index >= 15 is 0 Å². The van der Waals surface area contributed by atoms with Gasteiger partial charge >= 0.3 is 6.09 Å². The van der Waals surface area contributed by atoms with Crippen LogP contribution in [-0.2, 0) is 4.74 Å². The molecule has 0 radical (unpaired) electrons. The van der Waals surface area contributed by atoms with E-state index in [2.05, 4.69) is 10.5 Å². The Balaban J connectivity index is 3.16. The standard InChI is InChI=1S/C4H10N2O3/c5-1-3(7)2-9-4(6)8/h3,7H,1-2,5H2,(H2,6,8). The van der Waals surface area contributed by atoms with Crippen LogP contribution in [0.1, 0.15) is 0 Å². The first-order valence-electron chi connectivity index (χ1n) is 2.47. The van der Waals surface area contributed by atoms with Crippen molar-refractivity contribution in [2.75, 3.05) is 13.2 Å². The summed E-state index contributed by atoms with van der Waals surface area (Å²) in [5.41, 5.74) is 9.56. The third-order valence-corrected chi connectivity index (χ3v) is 0.690. The summed E-state index contributed by atoms with van der Waals surface area (Å²) in [6.45, 7) is -0.0703. The van der Waals surface area contributed by atoms with Gasteiger partial charge < -0.3 is 21.3 Å². The second-order valence-electron chi connectivity index (χ2n) is 1.52. The highest BCUT2D eigenvalue weighted by molar-refractivity contribution is 5.64. The minimum atomic E-state index is -0.900. The molecule has 1 atom stereocenters. The number of carbonyl (C=O) groups is 1. The van der Waals surface area contributed by atoms with E-state index in [0.29, 0.717) is 0 Å². The number of hydrogen-bond acceptors (Lipinski definition) is 4. The molecule has 5 heteroatoms. The van der Waals surface area contributed by atoms with Gasteiger partial charge in [-0.05, 0) is 0 Å². The van der Waals surface area contributed by atoms with Crippen LogP contribution >= 0.6 is 0 Å². The summed E-state index contributed by atoms with van der Waals surface area (Å²) in [5.74, 6) is 0. The minimum absolute atomic E-state index is 0.0628. The van der Waals surface area contributed by atoms with Crippen LogP contribution < -0.4 is 11.5 Å². The number of amides is 1. The van der Waals surface area contributed by atoms with Crippen molar-refractivity contribution in [3.63, 3.8) is 0 Å². The molecule has 9 heavy (non-hydrogen) atoms. The summed E-state index contributed by atoms with van der Waals surface area (Å²) in [6.07, 6.45) is -1.71. The Labute approximate surface area is 52.6 Å². The third kappa shape index (κ3) is 5.05. The molecule has 5 nitrogen and oxygen atoms in total. The van der Waals surface area contributed by atoms with E-state index in [1.165, 1.54) is 0 Å². The van der Waals surface area contributed by atoms with Gasteiger partial charge in [-0.3, -0.25) is 0 Å². The first-order valence-corrected chi connectivity index (χ1v) is 2.47. The molecule has 0 bridgehead atoms. The number of hydrogen-bond donors (Lipinski definition) is 3. The molecule has 0 fully saturated rings. The van der Waals surface area contributed by atoms with Crippen molar-refractivity contribution in [1.29, 1.82) is 0 Å². The van der Waals surface area contributed by atoms with Gasteiger partial charge in [0.2, 0.25) is 0 Å². The predicted octanol–water partition coefficient (Wildman–Crippen LogP) is -1.60. The van der Waals surface area contributed by atoms with Crippen LogP contribution in [0.15, 0.2) is 0 Å². The largest absolute Gasteiger partial charge is 0.447 e. The zero-order valence-electron chi connectivity index (χ0n) is 4.91. The molecule has 0 aliphatic carbocycles. The Bertz CT molecular complexity index is 95.8. The van der Waals surface area contributed by atoms with Crippen molar-refractivity contribution in [1.82, 2.24) is 0 Å². The molecule has 1 unspecified atom stereocenters. The quantitative estimate of drug-likeness (QED) is 0.433. The summed E-state index contributed by atoms with van der Waals surface area (Å²) >= 11 is 0. The molecule has 0 rings (SSSR count). The number of aliphatic hydroxyl groups is 1. The van der Waals surface area contributed by atoms with E-state index in [-0.39, 0.29) is 13.2 Å². The highest BCUT2D eigenvalue weighted by Gasteiger charge is 2.01. The van der Waals surface area contributed by atoms with Crippen LogP contribution in [-0.4, -0.2) is 30.5 Å². The molecule has 0 aromatic rings. The van der Waals surface area contributed by atoms with Crippen LogP contribution in [0.5, 0.6) is 0 Å². The molecule has 0 aliphatic rings. The number of rotatable bonds is 3. The average molecular weight is 134 g/mol. The molecule has 0 saturated heterocycles. The molecule has 0 spiro atoms. The van der Waals surface area contributed by atoms with Crippen LogP contribution in [0.2, 0.25) is 0 Å². The van der Waals surface area contributed by atoms with Crippen molar-refractivity contribution in [2.45, 2.75) is 6.10 Å². The fraction of sp³-hybridized carbons (Fsp3) is 0.750. The summed E-state index contributed by atoms with van der Waals surface area (Å²) < 4.78 is 4.20. The third-order valence-electron chi connectivity index (χ3n) is 0.690. The number of carbonyl (C=O) groups excluding carboxylic acids is 1. The number of primary amides is 1. The molecule has 0 aromatic heterocycles. The monoisotopic (exact) mass is 134 g/mol. The van der Waals surface area contributed by atoms with E-state index in [9.17, 15) is 4.79 Å². The molecule has 5 N–H and O–H groups in total. The lowest BCUT2D eigenvalue weighted by molar-refractivity contribution is 0.0778. The molecule has 1 amide bonds. The van der Waals surface area contributed by atoms with E-state index in [0.717, 1.165) is 0 Å². The fourth-order valence-corrected chi connectivity index (χ4v) is 0.246. The molecular formula is C4H10N2O3. The normalized spacial score (nSPS) is 12.7. The minimum Gasteiger partial charge on any atom is -0.447 e. The van der Waals surface area contributed by atoms with Gasteiger partial charge in [0.05, 0.1) is 0 Å². The van der Waals surface area contributed by atoms with E-state index < -0.39 is 12.2 Å². The summed E-state index contributed by atoms with van der Waals surface area (Å²) in [6, 6.07) is 0. The number of aliphatic hydroxyl groups excluding tert-OH is 1. The van der Waals surface area contributed by atoms with Crippen molar-refractivity contribution in [3.8, 4) is 0 Å². The molecular weight excluding hydrogens is 124 g/mol. The maximum Gasteiger partial charge on any atom is 0.404 e. The topological polar surface area (TPSA) is 98.6 Å². The number of nitrogens with two attached hydrogens (primary N) is 2. The second-order valence-corrected chi connectivity index (χ2v) is 1.52. The Hall–Kier alpha value is -0.810. The van der Waals surface area contributed by atoms with Gasteiger partial charge in [-0.2, -0.15) is 0 Å². The zero-order valence-corrected chi connectivity index (χ0v) is 4.91. The van der Waals surface area contributed by atoms with E-state index in [4.69, 9.17) is 10.8 Å². The van der Waals surface area contributed by atoms with Crippen molar-refractivity contribution < 1.29 is 14.6 Å². The zero-order chi connectivity index (χ0) is 7.28. The lowest BCUT2D eigenvalue weighted by Crippen LogP contribution is -2.28. The Morgan fingerprint density at radius 3 is 2.67 bits per heavy atom. The maximum absolute atomic E-state index is 9.87. The average Bonchev–Trinajstić information content (AvgIpc) is 1.83. The lowest BCUT2D eigenvalue weighted by Gasteiger charge is -2.05. The van der Waals surface area contributed by atoms with Crippen LogP contribution in [0.3, 0.4) is 0 Å². The van der Waals surface area contributed by atoms with Gasteiger partial charge in [0, 0.05) is 6.54 Å². The van der Waals surface area contributed by atoms with Crippen LogP contribution in [0.4, 0.5) is 4.79 Å². The predicted molar refractivity (Wildman–Crippen MR) is 30.6 cm³/mol. The van der Waals surface area contributed by atoms with Gasteiger partial charge in [0.15, 0.2) is 0 Å². The van der Waals surface area contributed by atoms with Crippen LogP contribution in [0.25, 0.3) is 0 Å². The van der Waals surface area contributed by atoms with Crippen molar-refractivity contribution in [2.24, 2.45) is 11.5 Å². The fourth-order valence-electron chi connectivity index (χ4n) is 0.246. The first-order chi connectivity index (χ1) is 4.16. The van der Waals surface area contributed by atoms with E-state index in [1.807, 2.05) is 0 Å². The summed E-state index contributed by atoms with van der Waals surface area (Å²) in [5, 5.41) is 8.65. The van der Waals surface area contributed by atoms with Crippen molar-refractivity contribution >= 4 is 6.09 Å². The number of ether oxygens (including phenoxy) is 1.